The van der Waals surface area contributed by atoms with Gasteiger partial charge in [-0.1, -0.05) is 0 Å². The van der Waals surface area contributed by atoms with Crippen LogP contribution in [0.2, 0.25) is 0 Å². The van der Waals surface area contributed by atoms with Crippen molar-refractivity contribution in [1.29, 1.82) is 0 Å². The van der Waals surface area contributed by atoms with Gasteiger partial charge in [-0.25, -0.2) is 9.97 Å². The predicted octanol–water partition coefficient (Wildman–Crippen LogP) is 0.335. The van der Waals surface area contributed by atoms with E-state index in [1.54, 1.807) is 19.4 Å². The van der Waals surface area contributed by atoms with Crippen LogP contribution in [0.3, 0.4) is 0 Å². The molecule has 4 nitrogen and oxygen atoms in total. The number of rotatable bonds is 4. The Hall–Kier alpha value is -1.16. The third kappa shape index (κ3) is 2.95. The van der Waals surface area contributed by atoms with Crippen LogP contribution in [0.15, 0.2) is 12.3 Å². The van der Waals surface area contributed by atoms with Crippen LogP contribution >= 0.6 is 0 Å². The van der Waals surface area contributed by atoms with Crippen molar-refractivity contribution in [2.75, 3.05) is 25.6 Å². The van der Waals surface area contributed by atoms with Gasteiger partial charge >= 0.3 is 0 Å². The first kappa shape index (κ1) is 7.94. The highest BCUT2D eigenvalue weighted by Crippen LogP contribution is 1.95. The molecule has 0 saturated carbocycles. The van der Waals surface area contributed by atoms with E-state index in [0.717, 1.165) is 12.4 Å². The van der Waals surface area contributed by atoms with E-state index in [-0.39, 0.29) is 0 Å². The standard InChI is InChI=1S/C7H10N3O/c1-11-5-4-9-7-2-3-8-6-10-7/h2-3H,4-5H2,1H3,(H,8,9,10). The van der Waals surface area contributed by atoms with Crippen LogP contribution in [0, 0.1) is 6.33 Å². The summed E-state index contributed by atoms with van der Waals surface area (Å²) in [5.41, 5.74) is 0. The third-order valence-corrected chi connectivity index (χ3v) is 1.15. The Morgan fingerprint density at radius 2 is 2.64 bits per heavy atom. The van der Waals surface area contributed by atoms with Gasteiger partial charge in [-0.2, -0.15) is 0 Å². The molecule has 0 unspecified atom stereocenters. The van der Waals surface area contributed by atoms with Crippen molar-refractivity contribution in [3.05, 3.63) is 18.6 Å². The molecule has 0 aromatic carbocycles. The van der Waals surface area contributed by atoms with Crippen molar-refractivity contribution in [3.63, 3.8) is 0 Å². The van der Waals surface area contributed by atoms with Gasteiger partial charge in [0.25, 0.3) is 0 Å². The Balaban J connectivity index is 2.28. The van der Waals surface area contributed by atoms with Crippen LogP contribution in [0.1, 0.15) is 0 Å². The molecule has 1 aromatic rings. The number of methoxy groups -OCH3 is 1. The topological polar surface area (TPSA) is 47.0 Å². The molecule has 4 heteroatoms. The molecule has 0 aliphatic heterocycles. The van der Waals surface area contributed by atoms with Gasteiger partial charge in [-0.15, -0.1) is 0 Å². The largest absolute Gasteiger partial charge is 0.383 e. The summed E-state index contributed by atoms with van der Waals surface area (Å²) in [6, 6.07) is 1.78. The maximum Gasteiger partial charge on any atom is 0.199 e. The number of ether oxygens (including phenoxy) is 1. The summed E-state index contributed by atoms with van der Waals surface area (Å²) in [5.74, 6) is 0.775. The Labute approximate surface area is 65.6 Å². The van der Waals surface area contributed by atoms with Crippen molar-refractivity contribution in [3.8, 4) is 0 Å². The molecule has 0 bridgehead atoms. The molecule has 1 aromatic heterocycles. The minimum absolute atomic E-state index is 0.671. The summed E-state index contributed by atoms with van der Waals surface area (Å²) >= 11 is 0. The Kier molecular flexibility index (Phi) is 3.34. The number of nitrogens with one attached hydrogen (secondary N) is 1. The molecule has 59 valence electrons. The second-order valence-corrected chi connectivity index (χ2v) is 1.96. The van der Waals surface area contributed by atoms with Gasteiger partial charge in [0, 0.05) is 19.9 Å². The lowest BCUT2D eigenvalue weighted by Gasteiger charge is -2.01. The van der Waals surface area contributed by atoms with Crippen LogP contribution in [-0.4, -0.2) is 30.2 Å². The number of anilines is 1. The number of nitrogens with zero attached hydrogens (tertiary/aromatic N) is 2. The van der Waals surface area contributed by atoms with E-state index in [9.17, 15) is 0 Å². The van der Waals surface area contributed by atoms with E-state index >= 15 is 0 Å². The fourth-order valence-corrected chi connectivity index (χ4v) is 0.641. The van der Waals surface area contributed by atoms with Gasteiger partial charge in [-0.3, -0.25) is 0 Å². The Bertz CT molecular complexity index is 190. The summed E-state index contributed by atoms with van der Waals surface area (Å²) < 4.78 is 4.85. The van der Waals surface area contributed by atoms with Crippen molar-refractivity contribution in [2.45, 2.75) is 0 Å². The summed E-state index contributed by atoms with van der Waals surface area (Å²) in [6.45, 7) is 1.42. The van der Waals surface area contributed by atoms with Crippen molar-refractivity contribution in [1.82, 2.24) is 9.97 Å². The molecule has 0 aliphatic carbocycles. The second kappa shape index (κ2) is 4.62. The summed E-state index contributed by atoms with van der Waals surface area (Å²) in [4.78, 5) is 7.51. The third-order valence-electron chi connectivity index (χ3n) is 1.15. The Morgan fingerprint density at radius 3 is 3.27 bits per heavy atom. The average molecular weight is 152 g/mol. The zero-order valence-corrected chi connectivity index (χ0v) is 6.37. The number of hydrogen-bond donors (Lipinski definition) is 1. The first-order chi connectivity index (χ1) is 5.43. The fourth-order valence-electron chi connectivity index (χ4n) is 0.641. The van der Waals surface area contributed by atoms with Crippen LogP contribution < -0.4 is 5.32 Å². The van der Waals surface area contributed by atoms with Gasteiger partial charge in [0.15, 0.2) is 6.33 Å². The van der Waals surface area contributed by atoms with Gasteiger partial charge in [0.05, 0.1) is 6.61 Å². The van der Waals surface area contributed by atoms with Gasteiger partial charge in [0.2, 0.25) is 0 Å². The lowest BCUT2D eigenvalue weighted by atomic mass is 10.5. The maximum atomic E-state index is 4.85. The fraction of sp³-hybridized carbons (Fsp3) is 0.429. The van der Waals surface area contributed by atoms with Gasteiger partial charge in [0.1, 0.15) is 5.82 Å². The molecule has 0 saturated heterocycles. The molecule has 0 atom stereocenters. The molecule has 0 amide bonds. The molecule has 1 heterocycles. The van der Waals surface area contributed by atoms with E-state index in [1.165, 1.54) is 0 Å². The predicted molar refractivity (Wildman–Crippen MR) is 41.2 cm³/mol. The Morgan fingerprint density at radius 1 is 1.73 bits per heavy atom. The smallest absolute Gasteiger partial charge is 0.199 e. The molecular formula is C7H10N3O. The monoisotopic (exact) mass is 152 g/mol. The minimum Gasteiger partial charge on any atom is -0.383 e. The lowest BCUT2D eigenvalue weighted by molar-refractivity contribution is 0.210. The van der Waals surface area contributed by atoms with Crippen molar-refractivity contribution in [2.24, 2.45) is 0 Å². The average Bonchev–Trinajstić information content (AvgIpc) is 2.07. The summed E-state index contributed by atoms with van der Waals surface area (Å²) in [6.07, 6.45) is 4.13. The van der Waals surface area contributed by atoms with E-state index in [1.807, 2.05) is 0 Å². The molecular weight excluding hydrogens is 142 g/mol. The SMILES string of the molecule is COCCNc1ccn[c]n1. The highest BCUT2D eigenvalue weighted by atomic mass is 16.5. The number of hydrogen-bond acceptors (Lipinski definition) is 4. The van der Waals surface area contributed by atoms with Gasteiger partial charge in [-0.05, 0) is 6.07 Å². The van der Waals surface area contributed by atoms with Gasteiger partial charge < -0.3 is 10.1 Å². The molecule has 0 aliphatic rings. The highest BCUT2D eigenvalue weighted by Gasteiger charge is 1.88. The van der Waals surface area contributed by atoms with Crippen LogP contribution in [0.25, 0.3) is 0 Å². The molecule has 1 rings (SSSR count). The van der Waals surface area contributed by atoms with E-state index in [2.05, 4.69) is 21.6 Å². The van der Waals surface area contributed by atoms with Crippen molar-refractivity contribution >= 4 is 5.82 Å². The normalized spacial score (nSPS) is 9.55. The second-order valence-electron chi connectivity index (χ2n) is 1.96. The molecule has 11 heavy (non-hydrogen) atoms. The quantitative estimate of drug-likeness (QED) is 0.632. The first-order valence-corrected chi connectivity index (χ1v) is 3.35. The zero-order valence-electron chi connectivity index (χ0n) is 6.37. The van der Waals surface area contributed by atoms with E-state index < -0.39 is 0 Å². The summed E-state index contributed by atoms with van der Waals surface area (Å²) in [7, 11) is 1.66. The van der Waals surface area contributed by atoms with E-state index in [0.29, 0.717) is 6.61 Å². The zero-order chi connectivity index (χ0) is 7.94. The lowest BCUT2D eigenvalue weighted by Crippen LogP contribution is -2.08. The maximum absolute atomic E-state index is 4.85. The minimum atomic E-state index is 0.671. The molecule has 1 N–H and O–H groups in total. The first-order valence-electron chi connectivity index (χ1n) is 3.35. The van der Waals surface area contributed by atoms with Crippen LogP contribution in [0.4, 0.5) is 5.82 Å². The van der Waals surface area contributed by atoms with E-state index in [4.69, 9.17) is 4.74 Å². The van der Waals surface area contributed by atoms with Crippen molar-refractivity contribution < 1.29 is 4.74 Å². The van der Waals surface area contributed by atoms with Crippen LogP contribution in [-0.2, 0) is 4.74 Å². The summed E-state index contributed by atoms with van der Waals surface area (Å²) in [5, 5.41) is 3.04. The molecule has 0 fully saturated rings. The molecule has 0 spiro atoms. The highest BCUT2D eigenvalue weighted by molar-refractivity contribution is 5.30. The molecule has 1 radical (unpaired) electrons. The number of aromatic nitrogens is 2. The van der Waals surface area contributed by atoms with Crippen LogP contribution in [0.5, 0.6) is 0 Å².